The minimum Gasteiger partial charge on any atom is -0.469 e. The Labute approximate surface area is 101 Å². The summed E-state index contributed by atoms with van der Waals surface area (Å²) < 4.78 is 5.29. The summed E-state index contributed by atoms with van der Waals surface area (Å²) in [4.78, 5) is 4.63. The first-order valence-corrected chi connectivity index (χ1v) is 6.17. The molecule has 0 saturated carbocycles. The van der Waals surface area contributed by atoms with E-state index in [-0.39, 0.29) is 0 Å². The highest BCUT2D eigenvalue weighted by Crippen LogP contribution is 2.21. The van der Waals surface area contributed by atoms with Gasteiger partial charge in [-0.15, -0.1) is 0 Å². The minimum absolute atomic E-state index is 0.860. The zero-order valence-electron chi connectivity index (χ0n) is 9.78. The van der Waals surface area contributed by atoms with Crippen LogP contribution in [-0.4, -0.2) is 11.5 Å². The van der Waals surface area contributed by atoms with Gasteiger partial charge in [0.1, 0.15) is 11.6 Å². The van der Waals surface area contributed by atoms with Gasteiger partial charge in [0.05, 0.1) is 6.26 Å². The number of hydrogen-bond acceptors (Lipinski definition) is 3. The summed E-state index contributed by atoms with van der Waals surface area (Å²) in [6.45, 7) is 0.860. The molecule has 0 saturated heterocycles. The second-order valence-corrected chi connectivity index (χ2v) is 4.41. The molecule has 3 heteroatoms. The van der Waals surface area contributed by atoms with Gasteiger partial charge in [0.15, 0.2) is 0 Å². The van der Waals surface area contributed by atoms with Crippen molar-refractivity contribution < 1.29 is 4.42 Å². The van der Waals surface area contributed by atoms with Crippen LogP contribution in [0.25, 0.3) is 0 Å². The van der Waals surface area contributed by atoms with Crippen molar-refractivity contribution in [2.75, 3.05) is 11.9 Å². The maximum Gasteiger partial charge on any atom is 0.126 e. The lowest BCUT2D eigenvalue weighted by Gasteiger charge is -2.06. The number of furan rings is 1. The molecule has 17 heavy (non-hydrogen) atoms. The smallest absolute Gasteiger partial charge is 0.126 e. The van der Waals surface area contributed by atoms with Crippen molar-refractivity contribution in [3.63, 3.8) is 0 Å². The van der Waals surface area contributed by atoms with Crippen LogP contribution in [0.15, 0.2) is 34.9 Å². The van der Waals surface area contributed by atoms with Gasteiger partial charge in [0.2, 0.25) is 0 Å². The van der Waals surface area contributed by atoms with E-state index < -0.39 is 0 Å². The molecule has 0 spiro atoms. The monoisotopic (exact) mass is 228 g/mol. The lowest BCUT2D eigenvalue weighted by atomic mass is 10.2. The lowest BCUT2D eigenvalue weighted by molar-refractivity contribution is 0.513. The fourth-order valence-electron chi connectivity index (χ4n) is 2.29. The molecule has 0 fully saturated rings. The summed E-state index contributed by atoms with van der Waals surface area (Å²) in [6.07, 6.45) is 6.17. The van der Waals surface area contributed by atoms with Crippen molar-refractivity contribution in [1.29, 1.82) is 0 Å². The molecule has 2 aromatic rings. The van der Waals surface area contributed by atoms with E-state index in [0.29, 0.717) is 0 Å². The van der Waals surface area contributed by atoms with Gasteiger partial charge in [-0.05, 0) is 43.0 Å². The first-order valence-electron chi connectivity index (χ1n) is 6.17. The Morgan fingerprint density at radius 2 is 2.24 bits per heavy atom. The average molecular weight is 228 g/mol. The maximum atomic E-state index is 5.29. The van der Waals surface area contributed by atoms with Crippen LogP contribution >= 0.6 is 0 Å². The number of fused-ring (bicyclic) bond motifs is 1. The number of hydrogen-bond donors (Lipinski definition) is 1. The highest BCUT2D eigenvalue weighted by atomic mass is 16.3. The maximum absolute atomic E-state index is 5.29. The zero-order chi connectivity index (χ0) is 11.5. The summed E-state index contributed by atoms with van der Waals surface area (Å²) in [5, 5.41) is 3.34. The fourth-order valence-corrected chi connectivity index (χ4v) is 2.29. The molecule has 1 aliphatic carbocycles. The highest BCUT2D eigenvalue weighted by Gasteiger charge is 2.12. The van der Waals surface area contributed by atoms with Crippen LogP contribution in [0.5, 0.6) is 0 Å². The van der Waals surface area contributed by atoms with Crippen LogP contribution in [0.4, 0.5) is 5.82 Å². The normalized spacial score (nSPS) is 13.6. The summed E-state index contributed by atoms with van der Waals surface area (Å²) in [7, 11) is 0. The van der Waals surface area contributed by atoms with Gasteiger partial charge in [-0.3, -0.25) is 0 Å². The molecule has 88 valence electrons. The molecule has 0 aliphatic heterocycles. The number of nitrogens with one attached hydrogen (secondary N) is 1. The molecule has 0 bridgehead atoms. The third-order valence-electron chi connectivity index (χ3n) is 3.19. The Kier molecular flexibility index (Phi) is 2.82. The number of anilines is 1. The van der Waals surface area contributed by atoms with Gasteiger partial charge >= 0.3 is 0 Å². The lowest BCUT2D eigenvalue weighted by Crippen LogP contribution is -2.06. The molecule has 3 rings (SSSR count). The van der Waals surface area contributed by atoms with Crippen LogP contribution in [0.2, 0.25) is 0 Å². The van der Waals surface area contributed by atoms with Crippen LogP contribution in [0, 0.1) is 0 Å². The Hall–Kier alpha value is -1.77. The Morgan fingerprint density at radius 1 is 1.24 bits per heavy atom. The van der Waals surface area contributed by atoms with Crippen LogP contribution < -0.4 is 5.32 Å². The van der Waals surface area contributed by atoms with Gasteiger partial charge in [0.25, 0.3) is 0 Å². The number of nitrogens with zero attached hydrogens (tertiary/aromatic N) is 1. The molecule has 0 aromatic carbocycles. The summed E-state index contributed by atoms with van der Waals surface area (Å²) in [5.74, 6) is 2.00. The molecule has 2 aromatic heterocycles. The number of rotatable bonds is 4. The molecule has 0 atom stereocenters. The molecule has 0 amide bonds. The third-order valence-corrected chi connectivity index (χ3v) is 3.19. The number of aryl methyl sites for hydroxylation is 2. The van der Waals surface area contributed by atoms with E-state index >= 15 is 0 Å². The van der Waals surface area contributed by atoms with Crippen molar-refractivity contribution in [2.24, 2.45) is 0 Å². The molecule has 2 heterocycles. The molecule has 1 N–H and O–H groups in total. The minimum atomic E-state index is 0.860. The summed E-state index contributed by atoms with van der Waals surface area (Å²) in [6, 6.07) is 8.19. The second-order valence-electron chi connectivity index (χ2n) is 4.41. The third kappa shape index (κ3) is 2.33. The molecular formula is C14H16N2O. The standard InChI is InChI=1S/C14H16N2O/c1-3-11-6-7-14(16-13(11)5-1)15-9-8-12-4-2-10-17-12/h2,4,6-7,10H,1,3,5,8-9H2,(H,15,16). The van der Waals surface area contributed by atoms with Crippen molar-refractivity contribution in [1.82, 2.24) is 4.98 Å². The fraction of sp³-hybridized carbons (Fsp3) is 0.357. The first kappa shape index (κ1) is 10.4. The van der Waals surface area contributed by atoms with Crippen molar-refractivity contribution in [3.05, 3.63) is 47.5 Å². The van der Waals surface area contributed by atoms with E-state index in [1.54, 1.807) is 6.26 Å². The highest BCUT2D eigenvalue weighted by molar-refractivity contribution is 5.40. The van der Waals surface area contributed by atoms with Crippen LogP contribution in [0.1, 0.15) is 23.4 Å². The van der Waals surface area contributed by atoms with Gasteiger partial charge < -0.3 is 9.73 Å². The SMILES string of the molecule is c1coc(CCNc2ccc3c(n2)CCC3)c1. The van der Waals surface area contributed by atoms with Gasteiger partial charge in [-0.25, -0.2) is 4.98 Å². The predicted octanol–water partition coefficient (Wildman–Crippen LogP) is 2.82. The van der Waals surface area contributed by atoms with Crippen LogP contribution in [-0.2, 0) is 19.3 Å². The largest absolute Gasteiger partial charge is 0.469 e. The number of aromatic nitrogens is 1. The quantitative estimate of drug-likeness (QED) is 0.874. The Balaban J connectivity index is 1.58. The van der Waals surface area contributed by atoms with E-state index in [4.69, 9.17) is 4.42 Å². The van der Waals surface area contributed by atoms with E-state index in [9.17, 15) is 0 Å². The Bertz CT molecular complexity index is 491. The predicted molar refractivity (Wildman–Crippen MR) is 67.2 cm³/mol. The van der Waals surface area contributed by atoms with Gasteiger partial charge in [-0.1, -0.05) is 6.07 Å². The van der Waals surface area contributed by atoms with E-state index in [0.717, 1.165) is 31.0 Å². The molecule has 1 aliphatic rings. The molecular weight excluding hydrogens is 212 g/mol. The Morgan fingerprint density at radius 3 is 3.12 bits per heavy atom. The van der Waals surface area contributed by atoms with Crippen LogP contribution in [0.3, 0.4) is 0 Å². The van der Waals surface area contributed by atoms with Crippen molar-refractivity contribution in [3.8, 4) is 0 Å². The second kappa shape index (κ2) is 4.62. The van der Waals surface area contributed by atoms with Crippen molar-refractivity contribution in [2.45, 2.75) is 25.7 Å². The first-order chi connectivity index (χ1) is 8.42. The van der Waals surface area contributed by atoms with Gasteiger partial charge in [0, 0.05) is 18.7 Å². The van der Waals surface area contributed by atoms with Crippen molar-refractivity contribution >= 4 is 5.82 Å². The van der Waals surface area contributed by atoms with Gasteiger partial charge in [-0.2, -0.15) is 0 Å². The average Bonchev–Trinajstić information content (AvgIpc) is 2.98. The number of pyridine rings is 1. The van der Waals surface area contributed by atoms with E-state index in [2.05, 4.69) is 22.4 Å². The topological polar surface area (TPSA) is 38.1 Å². The molecule has 0 unspecified atom stereocenters. The summed E-state index contributed by atoms with van der Waals surface area (Å²) in [5.41, 5.74) is 2.69. The van der Waals surface area contributed by atoms with E-state index in [1.165, 1.54) is 24.1 Å². The zero-order valence-corrected chi connectivity index (χ0v) is 9.78. The molecule has 0 radical (unpaired) electrons. The van der Waals surface area contributed by atoms with E-state index in [1.807, 2.05) is 12.1 Å². The molecule has 3 nitrogen and oxygen atoms in total. The summed E-state index contributed by atoms with van der Waals surface area (Å²) >= 11 is 0.